The van der Waals surface area contributed by atoms with Crippen molar-refractivity contribution in [3.8, 4) is 23.0 Å². The van der Waals surface area contributed by atoms with Crippen LogP contribution in [0.25, 0.3) is 6.08 Å². The van der Waals surface area contributed by atoms with Crippen LogP contribution in [0.5, 0.6) is 23.0 Å². The van der Waals surface area contributed by atoms with Crippen LogP contribution < -0.4 is 9.47 Å². The van der Waals surface area contributed by atoms with E-state index in [9.17, 15) is 45.0 Å². The van der Waals surface area contributed by atoms with Gasteiger partial charge in [-0.2, -0.15) is 0 Å². The zero-order valence-electron chi connectivity index (χ0n) is 27.1. The zero-order valence-corrected chi connectivity index (χ0v) is 27.1. The van der Waals surface area contributed by atoms with Crippen LogP contribution in [0.15, 0.2) is 54.3 Å². The molecule has 6 N–H and O–H groups in total. The van der Waals surface area contributed by atoms with E-state index in [1.807, 2.05) is 0 Å². The van der Waals surface area contributed by atoms with Crippen LogP contribution in [-0.4, -0.2) is 112 Å². The lowest BCUT2D eigenvalue weighted by atomic mass is 9.83. The second-order valence-corrected chi connectivity index (χ2v) is 12.0. The number of carbonyl (C=O) groups is 3. The molecule has 0 unspecified atom stereocenters. The van der Waals surface area contributed by atoms with Crippen molar-refractivity contribution in [1.29, 1.82) is 0 Å². The van der Waals surface area contributed by atoms with Crippen molar-refractivity contribution in [2.45, 2.75) is 56.4 Å². The number of carbonyl (C=O) groups excluding carboxylic acids is 2. The van der Waals surface area contributed by atoms with Gasteiger partial charge in [-0.1, -0.05) is 13.0 Å². The van der Waals surface area contributed by atoms with Gasteiger partial charge in [-0.05, 0) is 48.4 Å². The monoisotopic (exact) mass is 702 g/mol. The number of aliphatic hydroxyl groups excluding tert-OH is 3. The Morgan fingerprint density at radius 3 is 2.30 bits per heavy atom. The second-order valence-electron chi connectivity index (χ2n) is 12.0. The third kappa shape index (κ3) is 7.49. The normalized spacial score (nSPS) is 30.5. The highest BCUT2D eigenvalue weighted by Gasteiger charge is 2.55. The maximum atomic E-state index is 13.0. The van der Waals surface area contributed by atoms with Crippen molar-refractivity contribution in [1.82, 2.24) is 0 Å². The Morgan fingerprint density at radius 1 is 0.980 bits per heavy atom. The van der Waals surface area contributed by atoms with Gasteiger partial charge in [0.1, 0.15) is 30.2 Å². The number of ether oxygens (including phenoxy) is 7. The number of benzene rings is 2. The van der Waals surface area contributed by atoms with Gasteiger partial charge in [0.05, 0.1) is 38.2 Å². The van der Waals surface area contributed by atoms with Gasteiger partial charge in [0.25, 0.3) is 0 Å². The maximum Gasteiger partial charge on any atom is 0.338 e. The van der Waals surface area contributed by atoms with Gasteiger partial charge in [-0.15, -0.1) is 0 Å². The molecule has 2 aromatic carbocycles. The van der Waals surface area contributed by atoms with Crippen LogP contribution in [0, 0.1) is 17.8 Å². The molecular weight excluding hydrogens is 664 g/mol. The summed E-state index contributed by atoms with van der Waals surface area (Å²) in [5.41, 5.74) is 0.367. The number of aliphatic carboxylic acids is 1. The van der Waals surface area contributed by atoms with Crippen molar-refractivity contribution >= 4 is 24.0 Å². The summed E-state index contributed by atoms with van der Waals surface area (Å²) in [6.07, 6.45) is -6.87. The summed E-state index contributed by atoms with van der Waals surface area (Å²) in [4.78, 5) is 38.1. The molecule has 50 heavy (non-hydrogen) atoms. The minimum atomic E-state index is -1.81. The van der Waals surface area contributed by atoms with Gasteiger partial charge in [0.2, 0.25) is 18.3 Å². The fourth-order valence-electron chi connectivity index (χ4n) is 6.42. The Labute approximate surface area is 285 Å². The van der Waals surface area contributed by atoms with E-state index in [0.717, 1.165) is 12.3 Å². The molecule has 1 saturated carbocycles. The van der Waals surface area contributed by atoms with E-state index in [0.29, 0.717) is 5.56 Å². The molecule has 2 aromatic rings. The van der Waals surface area contributed by atoms with Gasteiger partial charge in [0.15, 0.2) is 17.6 Å². The SMILES string of the molecule is COc1cc(C=CC(=O)O[C@@H]2[C@@H](O[C@H]3OC=C(C(=O)O)[C@@H]4C[C@H](OC(=O)c5cccc(O)c5)[C@@H](C)[C@H]34)O[C@@H](CO)[C@H](O)[C@H]2O)cc(OC)c1O. The average Bonchev–Trinajstić information content (AvgIpc) is 3.42. The third-order valence-electron chi connectivity index (χ3n) is 9.03. The summed E-state index contributed by atoms with van der Waals surface area (Å²) < 4.78 is 39.0. The first kappa shape index (κ1) is 36.4. The van der Waals surface area contributed by atoms with Gasteiger partial charge < -0.3 is 63.8 Å². The predicted octanol–water partition coefficient (Wildman–Crippen LogP) is 1.32. The summed E-state index contributed by atoms with van der Waals surface area (Å²) in [6.45, 7) is 0.968. The topological polar surface area (TPSA) is 237 Å². The second kappa shape index (κ2) is 15.3. The van der Waals surface area contributed by atoms with E-state index in [1.54, 1.807) is 6.92 Å². The molecule has 5 rings (SSSR count). The fraction of sp³-hybridized carbons (Fsp3) is 0.441. The number of carboxylic acids is 1. The molecule has 0 bridgehead atoms. The van der Waals surface area contributed by atoms with Crippen LogP contribution in [-0.2, 0) is 33.3 Å². The summed E-state index contributed by atoms with van der Waals surface area (Å²) in [6, 6.07) is 8.41. The molecule has 270 valence electrons. The quantitative estimate of drug-likeness (QED) is 0.143. The van der Waals surface area contributed by atoms with Gasteiger partial charge in [-0.25, -0.2) is 14.4 Å². The Kier molecular flexibility index (Phi) is 11.2. The van der Waals surface area contributed by atoms with Crippen molar-refractivity contribution in [2.75, 3.05) is 20.8 Å². The van der Waals surface area contributed by atoms with Crippen molar-refractivity contribution < 1.29 is 78.2 Å². The maximum absolute atomic E-state index is 13.0. The summed E-state index contributed by atoms with van der Waals surface area (Å²) in [5, 5.41) is 61.2. The number of esters is 2. The molecule has 2 heterocycles. The van der Waals surface area contributed by atoms with E-state index in [2.05, 4.69) is 0 Å². The molecule has 3 aliphatic rings. The van der Waals surface area contributed by atoms with Crippen LogP contribution in [0.3, 0.4) is 0 Å². The minimum absolute atomic E-state index is 0.0727. The average molecular weight is 703 g/mol. The molecule has 2 aliphatic heterocycles. The molecular formula is C34H38O16. The lowest BCUT2D eigenvalue weighted by molar-refractivity contribution is -0.343. The highest BCUT2D eigenvalue weighted by atomic mass is 16.8. The van der Waals surface area contributed by atoms with E-state index in [4.69, 9.17) is 33.2 Å². The first-order valence-electron chi connectivity index (χ1n) is 15.6. The Bertz CT molecular complexity index is 1610. The van der Waals surface area contributed by atoms with Crippen molar-refractivity contribution in [3.63, 3.8) is 0 Å². The van der Waals surface area contributed by atoms with E-state index in [-0.39, 0.29) is 40.6 Å². The number of aliphatic hydroxyl groups is 3. The number of hydrogen-bond acceptors (Lipinski definition) is 15. The summed E-state index contributed by atoms with van der Waals surface area (Å²) >= 11 is 0. The number of carboxylic acid groups (broad SMARTS) is 1. The number of hydrogen-bond donors (Lipinski definition) is 6. The number of aromatic hydroxyl groups is 2. The van der Waals surface area contributed by atoms with Crippen LogP contribution >= 0.6 is 0 Å². The van der Waals surface area contributed by atoms with Crippen LogP contribution in [0.1, 0.15) is 29.3 Å². The highest BCUT2D eigenvalue weighted by Crippen LogP contribution is 2.49. The van der Waals surface area contributed by atoms with Crippen LogP contribution in [0.2, 0.25) is 0 Å². The first-order chi connectivity index (χ1) is 23.9. The van der Waals surface area contributed by atoms with E-state index < -0.39 is 85.4 Å². The van der Waals surface area contributed by atoms with Gasteiger partial charge >= 0.3 is 17.9 Å². The highest BCUT2D eigenvalue weighted by molar-refractivity contribution is 5.90. The molecule has 16 heteroatoms. The Hall–Kier alpha value is -4.87. The number of rotatable bonds is 11. The molecule has 1 aliphatic carbocycles. The van der Waals surface area contributed by atoms with Crippen LogP contribution in [0.4, 0.5) is 0 Å². The smallest absolute Gasteiger partial charge is 0.338 e. The molecule has 10 atom stereocenters. The number of methoxy groups -OCH3 is 2. The fourth-order valence-corrected chi connectivity index (χ4v) is 6.42. The molecule has 0 aromatic heterocycles. The first-order valence-corrected chi connectivity index (χ1v) is 15.6. The Morgan fingerprint density at radius 2 is 1.68 bits per heavy atom. The van der Waals surface area contributed by atoms with E-state index in [1.165, 1.54) is 56.7 Å². The standard InChI is InChI=1S/C34H38O16/c1-15-21(47-32(43)17-5-4-6-18(36)11-17)12-19-20(31(41)42)14-46-33(26(15)19)50-34-30(29(40)28(39)24(13-35)48-34)49-25(37)8-7-16-9-22(44-2)27(38)23(10-16)45-3/h4-11,14-15,19,21,24,26,28-30,33-36,38-40H,12-13H2,1-3H3,(H,41,42)/t15-,19+,21+,24+,26+,28+,29-,30+,33-,34-/m1/s1. The lowest BCUT2D eigenvalue weighted by Crippen LogP contribution is -2.61. The van der Waals surface area contributed by atoms with Gasteiger partial charge in [-0.3, -0.25) is 0 Å². The molecule has 16 nitrogen and oxygen atoms in total. The largest absolute Gasteiger partial charge is 0.508 e. The van der Waals surface area contributed by atoms with Crippen molar-refractivity contribution in [2.24, 2.45) is 17.8 Å². The summed E-state index contributed by atoms with van der Waals surface area (Å²) in [7, 11) is 2.66. The number of fused-ring (bicyclic) bond motifs is 1. The molecule has 0 radical (unpaired) electrons. The molecule has 1 saturated heterocycles. The Balaban J connectivity index is 1.36. The summed E-state index contributed by atoms with van der Waals surface area (Å²) in [5.74, 6) is -5.31. The minimum Gasteiger partial charge on any atom is -0.508 e. The third-order valence-corrected chi connectivity index (χ3v) is 9.03. The zero-order chi connectivity index (χ0) is 36.3. The van der Waals surface area contributed by atoms with E-state index >= 15 is 0 Å². The molecule has 0 spiro atoms. The predicted molar refractivity (Wildman–Crippen MR) is 168 cm³/mol. The molecule has 2 fully saturated rings. The van der Waals surface area contributed by atoms with Crippen molar-refractivity contribution in [3.05, 3.63) is 65.4 Å². The number of phenols is 2. The molecule has 0 amide bonds. The lowest BCUT2D eigenvalue weighted by Gasteiger charge is -2.44. The number of phenolic OH excluding ortho intramolecular Hbond substituents is 2. The van der Waals surface area contributed by atoms with Gasteiger partial charge in [0, 0.05) is 23.8 Å².